The summed E-state index contributed by atoms with van der Waals surface area (Å²) in [7, 11) is 1.21. The zero-order valence-electron chi connectivity index (χ0n) is 8.00. The maximum absolute atomic E-state index is 12.6. The Morgan fingerprint density at radius 2 is 2.31 bits per heavy atom. The summed E-state index contributed by atoms with van der Waals surface area (Å²) in [6.45, 7) is 0. The van der Waals surface area contributed by atoms with Gasteiger partial charge in [0.05, 0.1) is 18.2 Å². The molecule has 0 aromatic carbocycles. The molecule has 0 aliphatic heterocycles. The highest BCUT2D eigenvalue weighted by molar-refractivity contribution is 6.68. The standard InChI is InChI=1S/C9H5ClF2N2O2/c1-16-5-2-4(3-13)6(8(10)15)7(14-5)9(11)12/h2,9H,1H3. The molecular formula is C9H5ClF2N2O2. The molecule has 4 nitrogen and oxygen atoms in total. The first-order valence-electron chi connectivity index (χ1n) is 3.98. The molecule has 16 heavy (non-hydrogen) atoms. The minimum Gasteiger partial charge on any atom is -0.481 e. The van der Waals surface area contributed by atoms with Crippen molar-refractivity contribution in [3.8, 4) is 11.9 Å². The number of hydrogen-bond donors (Lipinski definition) is 0. The average molecular weight is 247 g/mol. The summed E-state index contributed by atoms with van der Waals surface area (Å²) >= 11 is 5.13. The fraction of sp³-hybridized carbons (Fsp3) is 0.222. The number of carbonyl (C=O) groups is 1. The molecule has 0 atom stereocenters. The number of nitriles is 1. The molecule has 1 rings (SSSR count). The molecule has 0 aliphatic rings. The summed E-state index contributed by atoms with van der Waals surface area (Å²) in [6, 6.07) is 2.66. The average Bonchev–Trinajstić information content (AvgIpc) is 2.26. The monoisotopic (exact) mass is 246 g/mol. The largest absolute Gasteiger partial charge is 0.481 e. The predicted octanol–water partition coefficient (Wildman–Crippen LogP) is 2.28. The molecule has 0 spiro atoms. The van der Waals surface area contributed by atoms with Crippen molar-refractivity contribution in [3.63, 3.8) is 0 Å². The number of carbonyl (C=O) groups excluding carboxylic acids is 1. The van der Waals surface area contributed by atoms with Crippen LogP contribution in [0, 0.1) is 11.3 Å². The maximum Gasteiger partial charge on any atom is 0.281 e. The van der Waals surface area contributed by atoms with E-state index in [0.29, 0.717) is 0 Å². The van der Waals surface area contributed by atoms with Crippen molar-refractivity contribution in [1.29, 1.82) is 5.26 Å². The third-order valence-electron chi connectivity index (χ3n) is 1.76. The fourth-order valence-electron chi connectivity index (χ4n) is 1.10. The molecule has 0 unspecified atom stereocenters. The highest BCUT2D eigenvalue weighted by Crippen LogP contribution is 2.27. The van der Waals surface area contributed by atoms with Crippen LogP contribution in [0.5, 0.6) is 5.88 Å². The first-order chi connectivity index (χ1) is 7.51. The van der Waals surface area contributed by atoms with Gasteiger partial charge in [0.25, 0.3) is 11.7 Å². The molecule has 7 heteroatoms. The SMILES string of the molecule is COc1cc(C#N)c(C(=O)Cl)c(C(F)F)n1. The molecule has 0 radical (unpaired) electrons. The molecule has 0 fully saturated rings. The van der Waals surface area contributed by atoms with Gasteiger partial charge in [-0.3, -0.25) is 4.79 Å². The zero-order valence-corrected chi connectivity index (χ0v) is 8.76. The van der Waals surface area contributed by atoms with Gasteiger partial charge in [0.15, 0.2) is 0 Å². The molecule has 1 aromatic rings. The number of hydrogen-bond acceptors (Lipinski definition) is 4. The van der Waals surface area contributed by atoms with Crippen molar-refractivity contribution in [2.24, 2.45) is 0 Å². The molecule has 0 saturated heterocycles. The number of halogens is 3. The van der Waals surface area contributed by atoms with E-state index in [4.69, 9.17) is 16.9 Å². The second kappa shape index (κ2) is 4.86. The van der Waals surface area contributed by atoms with Gasteiger partial charge in [0, 0.05) is 6.07 Å². The van der Waals surface area contributed by atoms with E-state index in [1.807, 2.05) is 0 Å². The van der Waals surface area contributed by atoms with Crippen LogP contribution in [-0.2, 0) is 0 Å². The van der Waals surface area contributed by atoms with Crippen molar-refractivity contribution in [1.82, 2.24) is 4.98 Å². The lowest BCUT2D eigenvalue weighted by Crippen LogP contribution is -2.06. The molecule has 1 aromatic heterocycles. The van der Waals surface area contributed by atoms with E-state index in [-0.39, 0.29) is 11.4 Å². The van der Waals surface area contributed by atoms with E-state index in [9.17, 15) is 13.6 Å². The quantitative estimate of drug-likeness (QED) is 0.768. The second-order valence-corrected chi connectivity index (χ2v) is 3.00. The Hall–Kier alpha value is -1.74. The molecule has 0 N–H and O–H groups in total. The van der Waals surface area contributed by atoms with Gasteiger partial charge >= 0.3 is 0 Å². The number of rotatable bonds is 3. The van der Waals surface area contributed by atoms with Gasteiger partial charge in [-0.1, -0.05) is 0 Å². The number of methoxy groups -OCH3 is 1. The summed E-state index contributed by atoms with van der Waals surface area (Å²) in [5.41, 5.74) is -1.72. The highest BCUT2D eigenvalue weighted by Gasteiger charge is 2.24. The molecular weight excluding hydrogens is 242 g/mol. The van der Waals surface area contributed by atoms with Crippen molar-refractivity contribution in [2.45, 2.75) is 6.43 Å². The first kappa shape index (κ1) is 12.3. The van der Waals surface area contributed by atoms with Crippen molar-refractivity contribution >= 4 is 16.8 Å². The van der Waals surface area contributed by atoms with E-state index in [2.05, 4.69) is 9.72 Å². The Kier molecular flexibility index (Phi) is 3.74. The van der Waals surface area contributed by atoms with Crippen LogP contribution >= 0.6 is 11.6 Å². The Bertz CT molecular complexity index is 471. The lowest BCUT2D eigenvalue weighted by Gasteiger charge is -2.08. The van der Waals surface area contributed by atoms with Gasteiger partial charge < -0.3 is 4.74 Å². The topological polar surface area (TPSA) is 63.0 Å². The fourth-order valence-corrected chi connectivity index (χ4v) is 1.30. The van der Waals surface area contributed by atoms with Gasteiger partial charge in [-0.15, -0.1) is 0 Å². The lowest BCUT2D eigenvalue weighted by molar-refractivity contribution is 0.106. The molecule has 0 bridgehead atoms. The Morgan fingerprint density at radius 1 is 1.69 bits per heavy atom. The minimum absolute atomic E-state index is 0.173. The van der Waals surface area contributed by atoms with Gasteiger partial charge in [-0.05, 0) is 11.6 Å². The first-order valence-corrected chi connectivity index (χ1v) is 4.36. The molecule has 0 amide bonds. The number of nitrogens with zero attached hydrogens (tertiary/aromatic N) is 2. The van der Waals surface area contributed by atoms with E-state index in [0.717, 1.165) is 6.07 Å². The summed E-state index contributed by atoms with van der Waals surface area (Å²) < 4.78 is 29.8. The van der Waals surface area contributed by atoms with E-state index >= 15 is 0 Å². The van der Waals surface area contributed by atoms with Crippen LogP contribution in [0.4, 0.5) is 8.78 Å². The lowest BCUT2D eigenvalue weighted by atomic mass is 10.1. The van der Waals surface area contributed by atoms with Gasteiger partial charge in [0.2, 0.25) is 5.88 Å². The number of ether oxygens (including phenoxy) is 1. The normalized spacial score (nSPS) is 10.0. The van der Waals surface area contributed by atoms with E-state index in [1.54, 1.807) is 6.07 Å². The van der Waals surface area contributed by atoms with Crippen LogP contribution in [0.1, 0.15) is 28.0 Å². The number of aromatic nitrogens is 1. The molecule has 1 heterocycles. The third-order valence-corrected chi connectivity index (χ3v) is 1.95. The second-order valence-electron chi connectivity index (χ2n) is 2.66. The predicted molar refractivity (Wildman–Crippen MR) is 50.6 cm³/mol. The van der Waals surface area contributed by atoms with Gasteiger partial charge in [0.1, 0.15) is 11.8 Å². The summed E-state index contributed by atoms with van der Waals surface area (Å²) in [6.07, 6.45) is -3.01. The summed E-state index contributed by atoms with van der Waals surface area (Å²) in [4.78, 5) is 14.3. The zero-order chi connectivity index (χ0) is 12.3. The summed E-state index contributed by atoms with van der Waals surface area (Å²) in [5, 5.41) is 7.55. The van der Waals surface area contributed by atoms with Crippen molar-refractivity contribution in [2.75, 3.05) is 7.11 Å². The van der Waals surface area contributed by atoms with Crippen molar-refractivity contribution < 1.29 is 18.3 Å². The molecule has 0 aliphatic carbocycles. The van der Waals surface area contributed by atoms with E-state index < -0.39 is 22.9 Å². The van der Waals surface area contributed by atoms with Gasteiger partial charge in [-0.25, -0.2) is 13.8 Å². The molecule has 0 saturated carbocycles. The van der Waals surface area contributed by atoms with Crippen LogP contribution in [0.3, 0.4) is 0 Å². The van der Waals surface area contributed by atoms with Crippen LogP contribution < -0.4 is 4.74 Å². The van der Waals surface area contributed by atoms with Crippen LogP contribution in [0.25, 0.3) is 0 Å². The maximum atomic E-state index is 12.6. The minimum atomic E-state index is -3.01. The Labute approximate surface area is 94.4 Å². The molecule has 84 valence electrons. The Morgan fingerprint density at radius 3 is 2.69 bits per heavy atom. The third kappa shape index (κ3) is 2.25. The van der Waals surface area contributed by atoms with Crippen LogP contribution in [0.2, 0.25) is 0 Å². The highest BCUT2D eigenvalue weighted by atomic mass is 35.5. The number of pyridine rings is 1. The smallest absolute Gasteiger partial charge is 0.281 e. The van der Waals surface area contributed by atoms with Crippen LogP contribution in [0.15, 0.2) is 6.07 Å². The Balaban J connectivity index is 3.55. The van der Waals surface area contributed by atoms with Gasteiger partial charge in [-0.2, -0.15) is 5.26 Å². The van der Waals surface area contributed by atoms with Crippen molar-refractivity contribution in [3.05, 3.63) is 22.9 Å². The van der Waals surface area contributed by atoms with E-state index in [1.165, 1.54) is 7.11 Å². The van der Waals surface area contributed by atoms with Crippen LogP contribution in [-0.4, -0.2) is 17.3 Å². The number of alkyl halides is 2. The summed E-state index contributed by atoms with van der Waals surface area (Å²) in [5.74, 6) is -0.173.